The molecule has 0 aliphatic heterocycles. The summed E-state index contributed by atoms with van der Waals surface area (Å²) in [5.74, 6) is 0. The van der Waals surface area contributed by atoms with E-state index in [4.69, 9.17) is 0 Å². The number of hydrogen-bond acceptors (Lipinski definition) is 1. The zero-order chi connectivity index (χ0) is 14.4. The SMILES string of the molecule is CCCC(N[C@H](C)c1ccccc1C)c1ccccc1. The van der Waals surface area contributed by atoms with Crippen LogP contribution in [-0.4, -0.2) is 0 Å². The normalized spacial score (nSPS) is 13.9. The van der Waals surface area contributed by atoms with Crippen molar-refractivity contribution in [1.29, 1.82) is 0 Å². The largest absolute Gasteiger partial charge is 0.303 e. The molecule has 1 N–H and O–H groups in total. The fourth-order valence-electron chi connectivity index (χ4n) is 2.78. The molecule has 0 saturated carbocycles. The molecule has 2 aromatic carbocycles. The zero-order valence-corrected chi connectivity index (χ0v) is 12.8. The molecule has 2 rings (SSSR count). The standard InChI is InChI=1S/C19H25N/c1-4-10-19(17-12-6-5-7-13-17)20-16(3)18-14-9-8-11-15(18)2/h5-9,11-14,16,19-20H,4,10H2,1-3H3/t16-,19?/m1/s1. The van der Waals surface area contributed by atoms with Crippen LogP contribution in [0.2, 0.25) is 0 Å². The number of hydrogen-bond donors (Lipinski definition) is 1. The second-order valence-electron chi connectivity index (χ2n) is 5.50. The smallest absolute Gasteiger partial charge is 0.0325 e. The van der Waals surface area contributed by atoms with Crippen LogP contribution in [0.25, 0.3) is 0 Å². The molecule has 20 heavy (non-hydrogen) atoms. The lowest BCUT2D eigenvalue weighted by molar-refractivity contribution is 0.438. The number of aryl methyl sites for hydroxylation is 1. The van der Waals surface area contributed by atoms with E-state index in [1.807, 2.05) is 0 Å². The molecular weight excluding hydrogens is 242 g/mol. The van der Waals surface area contributed by atoms with E-state index in [1.54, 1.807) is 0 Å². The summed E-state index contributed by atoms with van der Waals surface area (Å²) in [5.41, 5.74) is 4.13. The second-order valence-corrected chi connectivity index (χ2v) is 5.50. The first-order valence-corrected chi connectivity index (χ1v) is 7.59. The van der Waals surface area contributed by atoms with E-state index in [-0.39, 0.29) is 0 Å². The Balaban J connectivity index is 2.14. The van der Waals surface area contributed by atoms with Gasteiger partial charge >= 0.3 is 0 Å². The lowest BCUT2D eigenvalue weighted by Crippen LogP contribution is -2.25. The van der Waals surface area contributed by atoms with Gasteiger partial charge in [-0.1, -0.05) is 67.9 Å². The van der Waals surface area contributed by atoms with Gasteiger partial charge in [0.2, 0.25) is 0 Å². The zero-order valence-electron chi connectivity index (χ0n) is 12.8. The second kappa shape index (κ2) is 7.25. The van der Waals surface area contributed by atoms with Crippen molar-refractivity contribution < 1.29 is 0 Å². The van der Waals surface area contributed by atoms with Gasteiger partial charge in [-0.25, -0.2) is 0 Å². The molecule has 1 heteroatoms. The molecule has 1 unspecified atom stereocenters. The van der Waals surface area contributed by atoms with Crippen LogP contribution >= 0.6 is 0 Å². The van der Waals surface area contributed by atoms with Crippen molar-refractivity contribution in [3.63, 3.8) is 0 Å². The lowest BCUT2D eigenvalue weighted by Gasteiger charge is -2.25. The van der Waals surface area contributed by atoms with Crippen LogP contribution in [0.1, 0.15) is 55.5 Å². The molecule has 0 radical (unpaired) electrons. The van der Waals surface area contributed by atoms with Crippen molar-refractivity contribution in [3.05, 3.63) is 71.3 Å². The monoisotopic (exact) mass is 267 g/mol. The summed E-state index contributed by atoms with van der Waals surface area (Å²) in [4.78, 5) is 0. The van der Waals surface area contributed by atoms with Crippen LogP contribution in [0.15, 0.2) is 54.6 Å². The van der Waals surface area contributed by atoms with Crippen LogP contribution in [0.4, 0.5) is 0 Å². The molecule has 2 aromatic rings. The molecule has 0 aromatic heterocycles. The van der Waals surface area contributed by atoms with Crippen molar-refractivity contribution in [2.45, 2.75) is 45.7 Å². The van der Waals surface area contributed by atoms with Crippen LogP contribution in [-0.2, 0) is 0 Å². The fourth-order valence-corrected chi connectivity index (χ4v) is 2.78. The highest BCUT2D eigenvalue weighted by atomic mass is 14.9. The summed E-state index contributed by atoms with van der Waals surface area (Å²) in [5, 5.41) is 3.79. The molecule has 0 aliphatic carbocycles. The molecule has 1 nitrogen and oxygen atoms in total. The third kappa shape index (κ3) is 3.71. The van der Waals surface area contributed by atoms with Crippen LogP contribution < -0.4 is 5.32 Å². The van der Waals surface area contributed by atoms with E-state index in [0.29, 0.717) is 12.1 Å². The average molecular weight is 267 g/mol. The number of nitrogens with one attached hydrogen (secondary N) is 1. The maximum absolute atomic E-state index is 3.79. The molecule has 0 amide bonds. The molecule has 0 aliphatic rings. The predicted octanol–water partition coefficient (Wildman–Crippen LogP) is 5.19. The summed E-state index contributed by atoms with van der Waals surface area (Å²) < 4.78 is 0. The van der Waals surface area contributed by atoms with Gasteiger partial charge in [-0.3, -0.25) is 0 Å². The van der Waals surface area contributed by atoms with Crippen molar-refractivity contribution in [2.75, 3.05) is 0 Å². The third-order valence-electron chi connectivity index (χ3n) is 3.89. The van der Waals surface area contributed by atoms with Crippen molar-refractivity contribution in [2.24, 2.45) is 0 Å². The van der Waals surface area contributed by atoms with Gasteiger partial charge in [0.25, 0.3) is 0 Å². The molecular formula is C19H25N. The average Bonchev–Trinajstić information content (AvgIpc) is 2.48. The highest BCUT2D eigenvalue weighted by Gasteiger charge is 2.15. The Morgan fingerprint density at radius 2 is 1.60 bits per heavy atom. The third-order valence-corrected chi connectivity index (χ3v) is 3.89. The Labute approximate surface area is 123 Å². The maximum Gasteiger partial charge on any atom is 0.0325 e. The van der Waals surface area contributed by atoms with E-state index in [0.717, 1.165) is 0 Å². The number of rotatable bonds is 6. The highest BCUT2D eigenvalue weighted by Crippen LogP contribution is 2.24. The van der Waals surface area contributed by atoms with Crippen LogP contribution in [0.3, 0.4) is 0 Å². The minimum Gasteiger partial charge on any atom is -0.303 e. The number of benzene rings is 2. The topological polar surface area (TPSA) is 12.0 Å². The Hall–Kier alpha value is -1.60. The summed E-state index contributed by atoms with van der Waals surface area (Å²) in [6.45, 7) is 6.69. The van der Waals surface area contributed by atoms with Gasteiger partial charge in [0.1, 0.15) is 0 Å². The van der Waals surface area contributed by atoms with Crippen LogP contribution in [0.5, 0.6) is 0 Å². The molecule has 0 bridgehead atoms. The van der Waals surface area contributed by atoms with E-state index >= 15 is 0 Å². The van der Waals surface area contributed by atoms with Gasteiger partial charge in [0.15, 0.2) is 0 Å². The first-order valence-electron chi connectivity index (χ1n) is 7.59. The first-order chi connectivity index (χ1) is 9.72. The molecule has 0 saturated heterocycles. The Kier molecular flexibility index (Phi) is 5.37. The summed E-state index contributed by atoms with van der Waals surface area (Å²) in [7, 11) is 0. The van der Waals surface area contributed by atoms with E-state index in [1.165, 1.54) is 29.5 Å². The fraction of sp³-hybridized carbons (Fsp3) is 0.368. The van der Waals surface area contributed by atoms with Crippen LogP contribution in [0, 0.1) is 6.92 Å². The summed E-state index contributed by atoms with van der Waals surface area (Å²) >= 11 is 0. The summed E-state index contributed by atoms with van der Waals surface area (Å²) in [6.07, 6.45) is 2.35. The van der Waals surface area contributed by atoms with Crippen molar-refractivity contribution in [3.8, 4) is 0 Å². The minimum absolute atomic E-state index is 0.368. The van der Waals surface area contributed by atoms with E-state index in [2.05, 4.69) is 80.7 Å². The van der Waals surface area contributed by atoms with E-state index in [9.17, 15) is 0 Å². The summed E-state index contributed by atoms with van der Waals surface area (Å²) in [6, 6.07) is 20.2. The van der Waals surface area contributed by atoms with Crippen molar-refractivity contribution in [1.82, 2.24) is 5.32 Å². The van der Waals surface area contributed by atoms with Gasteiger partial charge in [-0.15, -0.1) is 0 Å². The molecule has 0 spiro atoms. The predicted molar refractivity (Wildman–Crippen MR) is 86.8 cm³/mol. The minimum atomic E-state index is 0.368. The quantitative estimate of drug-likeness (QED) is 0.759. The van der Waals surface area contributed by atoms with E-state index < -0.39 is 0 Å². The van der Waals surface area contributed by atoms with Gasteiger partial charge < -0.3 is 5.32 Å². The highest BCUT2D eigenvalue weighted by molar-refractivity contribution is 5.29. The lowest BCUT2D eigenvalue weighted by atomic mass is 9.98. The van der Waals surface area contributed by atoms with Gasteiger partial charge in [0.05, 0.1) is 0 Å². The Morgan fingerprint density at radius 3 is 2.25 bits per heavy atom. The Bertz CT molecular complexity index is 518. The molecule has 0 heterocycles. The molecule has 106 valence electrons. The first kappa shape index (κ1) is 14.8. The Morgan fingerprint density at radius 1 is 0.950 bits per heavy atom. The van der Waals surface area contributed by atoms with Gasteiger partial charge in [0, 0.05) is 12.1 Å². The van der Waals surface area contributed by atoms with Gasteiger partial charge in [-0.2, -0.15) is 0 Å². The van der Waals surface area contributed by atoms with Crippen molar-refractivity contribution >= 4 is 0 Å². The molecule has 0 fully saturated rings. The van der Waals surface area contributed by atoms with Gasteiger partial charge in [-0.05, 0) is 37.0 Å². The molecule has 2 atom stereocenters. The maximum atomic E-state index is 3.79.